The Kier molecular flexibility index (Phi) is 5.08. The molecule has 0 fully saturated rings. The fourth-order valence-corrected chi connectivity index (χ4v) is 1.65. The van der Waals surface area contributed by atoms with Crippen LogP contribution in [0.15, 0.2) is 12.1 Å². The zero-order valence-electron chi connectivity index (χ0n) is 11.5. The van der Waals surface area contributed by atoms with Gasteiger partial charge in [-0.15, -0.1) is 0 Å². The van der Waals surface area contributed by atoms with Gasteiger partial charge in [-0.05, 0) is 12.1 Å². The third-order valence-electron chi connectivity index (χ3n) is 2.61. The van der Waals surface area contributed by atoms with Gasteiger partial charge in [0.05, 0.1) is 6.61 Å². The van der Waals surface area contributed by atoms with Crippen molar-refractivity contribution in [2.24, 2.45) is 0 Å². The lowest BCUT2D eigenvalue weighted by Crippen LogP contribution is -2.43. The van der Waals surface area contributed by atoms with E-state index >= 15 is 0 Å². The lowest BCUT2D eigenvalue weighted by molar-refractivity contribution is -0.140. The smallest absolute Gasteiger partial charge is 0.328 e. The number of carbonyl (C=O) groups is 2. The molecule has 0 saturated heterocycles. The monoisotopic (exact) mass is 300 g/mol. The molecule has 3 N–H and O–H groups in total. The molecule has 0 radical (unpaired) electrons. The molecule has 0 aliphatic rings. The highest BCUT2D eigenvalue weighted by Gasteiger charge is 2.22. The van der Waals surface area contributed by atoms with E-state index in [1.54, 1.807) is 6.07 Å². The third-order valence-corrected chi connectivity index (χ3v) is 2.80. The lowest BCUT2D eigenvalue weighted by Gasteiger charge is -2.19. The molecular weight excluding hydrogens is 284 g/mol. The van der Waals surface area contributed by atoms with Crippen molar-refractivity contribution in [1.82, 2.24) is 10.3 Å². The van der Waals surface area contributed by atoms with Gasteiger partial charge in [0.2, 0.25) is 0 Å². The number of hydrogen-bond donors (Lipinski definition) is 3. The first-order valence-electron chi connectivity index (χ1n) is 5.97. The fourth-order valence-electron chi connectivity index (χ4n) is 1.44. The molecule has 20 heavy (non-hydrogen) atoms. The normalized spacial score (nSPS) is 12.8. The summed E-state index contributed by atoms with van der Waals surface area (Å²) in [5, 5.41) is 20.1. The molecule has 1 heterocycles. The van der Waals surface area contributed by atoms with Gasteiger partial charge in [-0.25, -0.2) is 9.78 Å². The third kappa shape index (κ3) is 4.18. The first-order chi connectivity index (χ1) is 9.15. The molecule has 0 aliphatic heterocycles. The van der Waals surface area contributed by atoms with Crippen molar-refractivity contribution in [2.75, 3.05) is 6.61 Å². The van der Waals surface area contributed by atoms with Crippen molar-refractivity contribution >= 4 is 23.5 Å². The number of aliphatic hydroxyl groups is 1. The van der Waals surface area contributed by atoms with E-state index in [1.165, 1.54) is 6.07 Å². The number of rotatable bonds is 4. The van der Waals surface area contributed by atoms with Crippen LogP contribution < -0.4 is 5.32 Å². The number of halogens is 1. The largest absolute Gasteiger partial charge is 0.480 e. The van der Waals surface area contributed by atoms with Crippen molar-refractivity contribution in [3.8, 4) is 0 Å². The Labute approximate surface area is 121 Å². The lowest BCUT2D eigenvalue weighted by atomic mass is 9.91. The highest BCUT2D eigenvalue weighted by atomic mass is 35.5. The summed E-state index contributed by atoms with van der Waals surface area (Å²) in [5.74, 6) is -1.93. The van der Waals surface area contributed by atoms with Crippen LogP contribution in [-0.2, 0) is 10.2 Å². The van der Waals surface area contributed by atoms with E-state index in [4.69, 9.17) is 21.8 Å². The summed E-state index contributed by atoms with van der Waals surface area (Å²) >= 11 is 5.88. The molecule has 1 atom stereocenters. The van der Waals surface area contributed by atoms with Crippen LogP contribution in [0.3, 0.4) is 0 Å². The highest BCUT2D eigenvalue weighted by Crippen LogP contribution is 2.23. The maximum atomic E-state index is 12.0. The van der Waals surface area contributed by atoms with Crippen LogP contribution >= 0.6 is 11.6 Å². The van der Waals surface area contributed by atoms with Gasteiger partial charge < -0.3 is 15.5 Å². The van der Waals surface area contributed by atoms with Gasteiger partial charge in [0.25, 0.3) is 5.91 Å². The van der Waals surface area contributed by atoms with Gasteiger partial charge in [0.15, 0.2) is 6.04 Å². The first kappa shape index (κ1) is 16.4. The predicted octanol–water partition coefficient (Wildman–Crippen LogP) is 1.21. The van der Waals surface area contributed by atoms with Crippen LogP contribution in [0.2, 0.25) is 5.15 Å². The number of nitrogens with one attached hydrogen (secondary N) is 1. The fraction of sp³-hybridized carbons (Fsp3) is 0.462. The molecule has 0 aliphatic carbocycles. The van der Waals surface area contributed by atoms with Crippen LogP contribution in [0.4, 0.5) is 0 Å². The van der Waals surface area contributed by atoms with Gasteiger partial charge in [0.1, 0.15) is 5.15 Å². The zero-order valence-corrected chi connectivity index (χ0v) is 12.2. The van der Waals surface area contributed by atoms with Gasteiger partial charge in [0, 0.05) is 16.7 Å². The standard InChI is InChI=1S/C13H17ClN2O4/c1-13(2,3)9-4-7(5-10(14)16-9)11(18)15-8(6-17)12(19)20/h4-5,8,17H,6H2,1-3H3,(H,15,18)(H,19,20)/t8-/m0/s1. The Bertz CT molecular complexity index is 526. The van der Waals surface area contributed by atoms with E-state index in [2.05, 4.69) is 10.3 Å². The van der Waals surface area contributed by atoms with Gasteiger partial charge in [-0.3, -0.25) is 4.79 Å². The highest BCUT2D eigenvalue weighted by molar-refractivity contribution is 6.29. The summed E-state index contributed by atoms with van der Waals surface area (Å²) in [4.78, 5) is 26.9. The Morgan fingerprint density at radius 3 is 2.45 bits per heavy atom. The molecule has 0 spiro atoms. The van der Waals surface area contributed by atoms with E-state index in [0.29, 0.717) is 5.69 Å². The molecular formula is C13H17ClN2O4. The molecule has 7 heteroatoms. The molecule has 110 valence electrons. The first-order valence-corrected chi connectivity index (χ1v) is 6.35. The predicted molar refractivity (Wildman–Crippen MR) is 73.9 cm³/mol. The molecule has 0 unspecified atom stereocenters. The van der Waals surface area contributed by atoms with Crippen LogP contribution in [0.5, 0.6) is 0 Å². The van der Waals surface area contributed by atoms with Crippen LogP contribution in [0, 0.1) is 0 Å². The number of carboxylic acid groups (broad SMARTS) is 1. The second-order valence-electron chi connectivity index (χ2n) is 5.36. The number of hydrogen-bond acceptors (Lipinski definition) is 4. The summed E-state index contributed by atoms with van der Waals surface area (Å²) in [6.07, 6.45) is 0. The van der Waals surface area contributed by atoms with Crippen LogP contribution in [-0.4, -0.2) is 39.7 Å². The van der Waals surface area contributed by atoms with Crippen molar-refractivity contribution in [3.05, 3.63) is 28.5 Å². The topological polar surface area (TPSA) is 99.5 Å². The van der Waals surface area contributed by atoms with Crippen LogP contribution in [0.1, 0.15) is 36.8 Å². The van der Waals surface area contributed by atoms with Crippen molar-refractivity contribution < 1.29 is 19.8 Å². The van der Waals surface area contributed by atoms with Crippen molar-refractivity contribution in [3.63, 3.8) is 0 Å². The number of aromatic nitrogens is 1. The average Bonchev–Trinajstić information content (AvgIpc) is 2.33. The quantitative estimate of drug-likeness (QED) is 0.726. The number of aliphatic carboxylic acids is 1. The minimum Gasteiger partial charge on any atom is -0.480 e. The molecule has 1 aromatic rings. The van der Waals surface area contributed by atoms with E-state index in [9.17, 15) is 9.59 Å². The summed E-state index contributed by atoms with van der Waals surface area (Å²) < 4.78 is 0. The van der Waals surface area contributed by atoms with Gasteiger partial charge in [-0.2, -0.15) is 0 Å². The summed E-state index contributed by atoms with van der Waals surface area (Å²) in [6, 6.07) is 1.55. The Balaban J connectivity index is 3.05. The summed E-state index contributed by atoms with van der Waals surface area (Å²) in [7, 11) is 0. The molecule has 0 bridgehead atoms. The Morgan fingerprint density at radius 2 is 2.00 bits per heavy atom. The molecule has 1 amide bonds. The molecule has 0 aromatic carbocycles. The Hall–Kier alpha value is -1.66. The maximum absolute atomic E-state index is 12.0. The minimum absolute atomic E-state index is 0.151. The van der Waals surface area contributed by atoms with Crippen LogP contribution in [0.25, 0.3) is 0 Å². The van der Waals surface area contributed by atoms with E-state index in [-0.39, 0.29) is 16.1 Å². The number of nitrogens with zero attached hydrogens (tertiary/aromatic N) is 1. The zero-order chi connectivity index (χ0) is 15.5. The molecule has 6 nitrogen and oxygen atoms in total. The SMILES string of the molecule is CC(C)(C)c1cc(C(=O)N[C@@H](CO)C(=O)O)cc(Cl)n1. The van der Waals surface area contributed by atoms with E-state index in [0.717, 1.165) is 0 Å². The van der Waals surface area contributed by atoms with Gasteiger partial charge >= 0.3 is 5.97 Å². The van der Waals surface area contributed by atoms with Crippen molar-refractivity contribution in [1.29, 1.82) is 0 Å². The van der Waals surface area contributed by atoms with Crippen molar-refractivity contribution in [2.45, 2.75) is 32.2 Å². The van der Waals surface area contributed by atoms with Gasteiger partial charge in [-0.1, -0.05) is 32.4 Å². The number of carbonyl (C=O) groups excluding carboxylic acids is 1. The maximum Gasteiger partial charge on any atom is 0.328 e. The van der Waals surface area contributed by atoms with E-state index < -0.39 is 24.5 Å². The minimum atomic E-state index is -1.35. The molecule has 1 aromatic heterocycles. The number of pyridine rings is 1. The second kappa shape index (κ2) is 6.19. The van der Waals surface area contributed by atoms with E-state index in [1.807, 2.05) is 20.8 Å². The summed E-state index contributed by atoms with van der Waals surface area (Å²) in [5.41, 5.74) is 0.518. The summed E-state index contributed by atoms with van der Waals surface area (Å²) in [6.45, 7) is 5.06. The average molecular weight is 301 g/mol. The number of amides is 1. The molecule has 0 saturated carbocycles. The number of carboxylic acids is 1. The number of aliphatic hydroxyl groups excluding tert-OH is 1. The second-order valence-corrected chi connectivity index (χ2v) is 5.75. The Morgan fingerprint density at radius 1 is 1.40 bits per heavy atom. The molecule has 1 rings (SSSR count).